The Hall–Kier alpha value is -2.33. The van der Waals surface area contributed by atoms with Gasteiger partial charge in [-0.05, 0) is 54.4 Å². The Morgan fingerprint density at radius 2 is 1.70 bits per heavy atom. The number of carbonyl (C=O) groups excluding carboxylic acids is 1. The lowest BCUT2D eigenvalue weighted by Crippen LogP contribution is -2.18. The first-order chi connectivity index (χ1) is 13.0. The summed E-state index contributed by atoms with van der Waals surface area (Å²) in [6.45, 7) is 2.78. The topological polar surface area (TPSA) is 41.1 Å². The highest BCUT2D eigenvalue weighted by atomic mass is 35.5. The normalized spacial score (nSPS) is 11.8. The maximum absolute atomic E-state index is 12.4. The number of amides is 1. The van der Waals surface area contributed by atoms with Gasteiger partial charge in [-0.3, -0.25) is 4.79 Å². The highest BCUT2D eigenvalue weighted by Crippen LogP contribution is 2.19. The SMILES string of the molecule is C[C@H](NCc1cccc(NC(=O)c2ccccc2Cl)c1)c1ccc(Cl)cc1. The van der Waals surface area contributed by atoms with Crippen LogP contribution in [0.4, 0.5) is 5.69 Å². The lowest BCUT2D eigenvalue weighted by molar-refractivity contribution is 0.102. The molecule has 0 unspecified atom stereocenters. The van der Waals surface area contributed by atoms with Gasteiger partial charge in [0, 0.05) is 23.3 Å². The molecule has 0 fully saturated rings. The smallest absolute Gasteiger partial charge is 0.257 e. The first-order valence-corrected chi connectivity index (χ1v) is 9.42. The molecule has 0 aromatic heterocycles. The summed E-state index contributed by atoms with van der Waals surface area (Å²) in [6, 6.07) is 22.7. The molecule has 0 aliphatic rings. The van der Waals surface area contributed by atoms with Crippen LogP contribution in [0.25, 0.3) is 0 Å². The minimum absolute atomic E-state index is 0.184. The van der Waals surface area contributed by atoms with Crippen LogP contribution in [0.15, 0.2) is 72.8 Å². The molecule has 138 valence electrons. The maximum Gasteiger partial charge on any atom is 0.257 e. The van der Waals surface area contributed by atoms with E-state index in [-0.39, 0.29) is 11.9 Å². The molecule has 0 spiro atoms. The molecule has 0 radical (unpaired) electrons. The van der Waals surface area contributed by atoms with E-state index in [0.29, 0.717) is 17.1 Å². The largest absolute Gasteiger partial charge is 0.322 e. The number of hydrogen-bond donors (Lipinski definition) is 2. The Labute approximate surface area is 169 Å². The summed E-state index contributed by atoms with van der Waals surface area (Å²) in [5.41, 5.74) is 3.44. The minimum Gasteiger partial charge on any atom is -0.322 e. The van der Waals surface area contributed by atoms with Gasteiger partial charge in [-0.25, -0.2) is 0 Å². The van der Waals surface area contributed by atoms with Crippen LogP contribution in [-0.4, -0.2) is 5.91 Å². The summed E-state index contributed by atoms with van der Waals surface area (Å²) in [4.78, 5) is 12.4. The molecule has 5 heteroatoms. The summed E-state index contributed by atoms with van der Waals surface area (Å²) >= 11 is 12.0. The second-order valence-electron chi connectivity index (χ2n) is 6.29. The van der Waals surface area contributed by atoms with Crippen LogP contribution in [0.2, 0.25) is 10.0 Å². The molecule has 0 heterocycles. The van der Waals surface area contributed by atoms with E-state index in [9.17, 15) is 4.79 Å². The van der Waals surface area contributed by atoms with E-state index in [0.717, 1.165) is 16.3 Å². The Bertz CT molecular complexity index is 926. The van der Waals surface area contributed by atoms with Crippen molar-refractivity contribution in [1.82, 2.24) is 5.32 Å². The number of carbonyl (C=O) groups is 1. The van der Waals surface area contributed by atoms with E-state index in [4.69, 9.17) is 23.2 Å². The van der Waals surface area contributed by atoms with Gasteiger partial charge < -0.3 is 10.6 Å². The second-order valence-corrected chi connectivity index (χ2v) is 7.13. The lowest BCUT2D eigenvalue weighted by atomic mass is 10.1. The first kappa shape index (κ1) is 19.4. The number of hydrogen-bond acceptors (Lipinski definition) is 2. The van der Waals surface area contributed by atoms with Crippen LogP contribution in [0.1, 0.15) is 34.5 Å². The predicted octanol–water partition coefficient (Wildman–Crippen LogP) is 6.10. The zero-order chi connectivity index (χ0) is 19.2. The van der Waals surface area contributed by atoms with Gasteiger partial charge in [0.25, 0.3) is 5.91 Å². The maximum atomic E-state index is 12.4. The van der Waals surface area contributed by atoms with E-state index >= 15 is 0 Å². The number of nitrogens with one attached hydrogen (secondary N) is 2. The molecule has 3 aromatic rings. The molecule has 3 nitrogen and oxygen atoms in total. The average Bonchev–Trinajstić information content (AvgIpc) is 2.67. The zero-order valence-corrected chi connectivity index (χ0v) is 16.4. The van der Waals surface area contributed by atoms with Gasteiger partial charge >= 0.3 is 0 Å². The number of rotatable bonds is 6. The van der Waals surface area contributed by atoms with Crippen molar-refractivity contribution >= 4 is 34.8 Å². The van der Waals surface area contributed by atoms with Gasteiger partial charge in [-0.2, -0.15) is 0 Å². The Kier molecular flexibility index (Phi) is 6.51. The summed E-state index contributed by atoms with van der Waals surface area (Å²) < 4.78 is 0. The molecule has 2 N–H and O–H groups in total. The standard InChI is InChI=1S/C22H20Cl2N2O/c1-15(17-9-11-18(23)12-10-17)25-14-16-5-4-6-19(13-16)26-22(27)20-7-2-3-8-21(20)24/h2-13,15,25H,14H2,1H3,(H,26,27)/t15-/m0/s1. The lowest BCUT2D eigenvalue weighted by Gasteiger charge is -2.15. The van der Waals surface area contributed by atoms with E-state index in [1.165, 1.54) is 5.56 Å². The van der Waals surface area contributed by atoms with E-state index in [1.807, 2.05) is 48.5 Å². The van der Waals surface area contributed by atoms with Crippen LogP contribution in [0, 0.1) is 0 Å². The van der Waals surface area contributed by atoms with E-state index < -0.39 is 0 Å². The monoisotopic (exact) mass is 398 g/mol. The second kappa shape index (κ2) is 9.05. The molecule has 1 atom stereocenters. The molecular weight excluding hydrogens is 379 g/mol. The Morgan fingerprint density at radius 1 is 0.963 bits per heavy atom. The third-order valence-electron chi connectivity index (χ3n) is 4.29. The Balaban J connectivity index is 1.62. The fraction of sp³-hybridized carbons (Fsp3) is 0.136. The Morgan fingerprint density at radius 3 is 2.44 bits per heavy atom. The molecule has 1 amide bonds. The highest BCUT2D eigenvalue weighted by Gasteiger charge is 2.10. The summed E-state index contributed by atoms with van der Waals surface area (Å²) in [5, 5.41) is 7.54. The number of benzene rings is 3. The fourth-order valence-corrected chi connectivity index (χ4v) is 3.09. The first-order valence-electron chi connectivity index (χ1n) is 8.66. The van der Waals surface area contributed by atoms with Crippen LogP contribution < -0.4 is 10.6 Å². The summed E-state index contributed by atoms with van der Waals surface area (Å²) in [6.07, 6.45) is 0. The molecule has 0 aliphatic carbocycles. The highest BCUT2D eigenvalue weighted by molar-refractivity contribution is 6.34. The van der Waals surface area contributed by atoms with E-state index in [1.54, 1.807) is 24.3 Å². The molecule has 0 saturated carbocycles. The molecule has 0 bridgehead atoms. The van der Waals surface area contributed by atoms with Crippen molar-refractivity contribution in [3.8, 4) is 0 Å². The summed E-state index contributed by atoms with van der Waals surface area (Å²) in [7, 11) is 0. The fourth-order valence-electron chi connectivity index (χ4n) is 2.74. The van der Waals surface area contributed by atoms with Crippen molar-refractivity contribution in [3.63, 3.8) is 0 Å². The average molecular weight is 399 g/mol. The van der Waals surface area contributed by atoms with Crippen LogP contribution in [0.3, 0.4) is 0 Å². The van der Waals surface area contributed by atoms with Crippen molar-refractivity contribution in [2.45, 2.75) is 19.5 Å². The van der Waals surface area contributed by atoms with Gasteiger partial charge in [0.05, 0.1) is 10.6 Å². The third-order valence-corrected chi connectivity index (χ3v) is 4.87. The van der Waals surface area contributed by atoms with Crippen molar-refractivity contribution in [1.29, 1.82) is 0 Å². The predicted molar refractivity (Wildman–Crippen MR) is 113 cm³/mol. The number of anilines is 1. The molecular formula is C22H20Cl2N2O. The van der Waals surface area contributed by atoms with Crippen LogP contribution >= 0.6 is 23.2 Å². The molecule has 27 heavy (non-hydrogen) atoms. The minimum atomic E-state index is -0.222. The van der Waals surface area contributed by atoms with Gasteiger partial charge in [0.1, 0.15) is 0 Å². The number of halogens is 2. The van der Waals surface area contributed by atoms with Gasteiger partial charge in [-0.1, -0.05) is 59.6 Å². The quantitative estimate of drug-likeness (QED) is 0.526. The molecule has 3 aromatic carbocycles. The van der Waals surface area contributed by atoms with Crippen molar-refractivity contribution in [2.75, 3.05) is 5.32 Å². The molecule has 0 aliphatic heterocycles. The van der Waals surface area contributed by atoms with Crippen LogP contribution in [-0.2, 0) is 6.54 Å². The van der Waals surface area contributed by atoms with Crippen LogP contribution in [0.5, 0.6) is 0 Å². The van der Waals surface area contributed by atoms with Gasteiger partial charge in [0.15, 0.2) is 0 Å². The van der Waals surface area contributed by atoms with Gasteiger partial charge in [0.2, 0.25) is 0 Å². The molecule has 0 saturated heterocycles. The third kappa shape index (κ3) is 5.33. The van der Waals surface area contributed by atoms with Crippen molar-refractivity contribution in [3.05, 3.63) is 99.5 Å². The molecule has 3 rings (SSSR count). The van der Waals surface area contributed by atoms with Gasteiger partial charge in [-0.15, -0.1) is 0 Å². The zero-order valence-electron chi connectivity index (χ0n) is 14.9. The van der Waals surface area contributed by atoms with Crippen molar-refractivity contribution < 1.29 is 4.79 Å². The van der Waals surface area contributed by atoms with E-state index in [2.05, 4.69) is 17.6 Å². The summed E-state index contributed by atoms with van der Waals surface area (Å²) in [5.74, 6) is -0.222. The van der Waals surface area contributed by atoms with Crippen molar-refractivity contribution in [2.24, 2.45) is 0 Å².